The van der Waals surface area contributed by atoms with Crippen molar-refractivity contribution in [1.82, 2.24) is 9.88 Å². The first-order valence-corrected chi connectivity index (χ1v) is 8.71. The van der Waals surface area contributed by atoms with E-state index in [-0.39, 0.29) is 11.3 Å². The van der Waals surface area contributed by atoms with Crippen LogP contribution in [0.4, 0.5) is 5.82 Å². The van der Waals surface area contributed by atoms with Gasteiger partial charge in [0.15, 0.2) is 0 Å². The molecule has 5 heteroatoms. The first-order valence-electron chi connectivity index (χ1n) is 8.71. The van der Waals surface area contributed by atoms with E-state index >= 15 is 0 Å². The second kappa shape index (κ2) is 6.48. The summed E-state index contributed by atoms with van der Waals surface area (Å²) >= 11 is 0. The van der Waals surface area contributed by atoms with Crippen molar-refractivity contribution in [3.63, 3.8) is 0 Å². The zero-order valence-corrected chi connectivity index (χ0v) is 14.3. The zero-order chi connectivity index (χ0) is 16.4. The molecule has 1 atom stereocenters. The lowest BCUT2D eigenvalue weighted by Crippen LogP contribution is -2.35. The minimum Gasteiger partial charge on any atom is -0.357 e. The molecule has 2 fully saturated rings. The van der Waals surface area contributed by atoms with E-state index in [4.69, 9.17) is 5.73 Å². The fourth-order valence-corrected chi connectivity index (χ4v) is 3.48. The molecule has 0 aromatic carbocycles. The minimum absolute atomic E-state index is 0.0630. The van der Waals surface area contributed by atoms with Crippen LogP contribution in [-0.4, -0.2) is 48.5 Å². The van der Waals surface area contributed by atoms with Crippen LogP contribution in [-0.2, 0) is 0 Å². The van der Waals surface area contributed by atoms with Gasteiger partial charge < -0.3 is 15.5 Å². The molecule has 2 aliphatic heterocycles. The lowest BCUT2D eigenvalue weighted by molar-refractivity contribution is 0.0776. The molecule has 3 heterocycles. The molecule has 1 aromatic rings. The number of pyridine rings is 1. The van der Waals surface area contributed by atoms with Gasteiger partial charge in [-0.05, 0) is 49.3 Å². The standard InChI is InChI=1S/C18H28N4O/c1-14-5-8-21(9-6-14)16-4-3-15(11-20-16)17(23)22-10-7-18(2,12-19)13-22/h3-4,11,14H,5-10,12-13,19H2,1-2H3. The minimum atomic E-state index is 0.0630. The largest absolute Gasteiger partial charge is 0.357 e. The van der Waals surface area contributed by atoms with Gasteiger partial charge in [0.05, 0.1) is 5.56 Å². The summed E-state index contributed by atoms with van der Waals surface area (Å²) in [6.07, 6.45) is 5.14. The molecular formula is C18H28N4O. The van der Waals surface area contributed by atoms with E-state index in [0.717, 1.165) is 44.3 Å². The number of likely N-dealkylation sites (tertiary alicyclic amines) is 1. The highest BCUT2D eigenvalue weighted by Gasteiger charge is 2.35. The Balaban J connectivity index is 1.64. The smallest absolute Gasteiger partial charge is 0.255 e. The van der Waals surface area contributed by atoms with Crippen molar-refractivity contribution in [1.29, 1.82) is 0 Å². The Hall–Kier alpha value is -1.62. The molecule has 5 nitrogen and oxygen atoms in total. The van der Waals surface area contributed by atoms with Gasteiger partial charge in [-0.25, -0.2) is 4.98 Å². The Morgan fingerprint density at radius 2 is 2.09 bits per heavy atom. The van der Waals surface area contributed by atoms with Crippen LogP contribution in [0.25, 0.3) is 0 Å². The molecule has 2 saturated heterocycles. The van der Waals surface area contributed by atoms with Crippen LogP contribution in [0.1, 0.15) is 43.5 Å². The third-order valence-electron chi connectivity index (χ3n) is 5.44. The Labute approximate surface area is 138 Å². The van der Waals surface area contributed by atoms with Crippen LogP contribution < -0.4 is 10.6 Å². The van der Waals surface area contributed by atoms with E-state index in [0.29, 0.717) is 12.1 Å². The third-order valence-corrected chi connectivity index (χ3v) is 5.44. The average molecular weight is 316 g/mol. The Kier molecular flexibility index (Phi) is 4.57. The van der Waals surface area contributed by atoms with Gasteiger partial charge in [-0.2, -0.15) is 0 Å². The molecule has 0 spiro atoms. The van der Waals surface area contributed by atoms with Gasteiger partial charge in [0.25, 0.3) is 5.91 Å². The highest BCUT2D eigenvalue weighted by molar-refractivity contribution is 5.94. The number of rotatable bonds is 3. The molecule has 0 bridgehead atoms. The van der Waals surface area contributed by atoms with Crippen LogP contribution in [0.5, 0.6) is 0 Å². The topological polar surface area (TPSA) is 62.5 Å². The maximum Gasteiger partial charge on any atom is 0.255 e. The van der Waals surface area contributed by atoms with Crippen molar-refractivity contribution in [3.05, 3.63) is 23.9 Å². The molecule has 0 aliphatic carbocycles. The van der Waals surface area contributed by atoms with Crippen molar-refractivity contribution < 1.29 is 4.79 Å². The van der Waals surface area contributed by atoms with E-state index in [1.165, 1.54) is 12.8 Å². The first kappa shape index (κ1) is 16.2. The monoisotopic (exact) mass is 316 g/mol. The van der Waals surface area contributed by atoms with Crippen molar-refractivity contribution in [2.45, 2.75) is 33.1 Å². The quantitative estimate of drug-likeness (QED) is 0.928. The van der Waals surface area contributed by atoms with Gasteiger partial charge in [-0.1, -0.05) is 13.8 Å². The maximum absolute atomic E-state index is 12.6. The molecule has 2 N–H and O–H groups in total. The van der Waals surface area contributed by atoms with Crippen LogP contribution in [0.2, 0.25) is 0 Å². The van der Waals surface area contributed by atoms with Crippen molar-refractivity contribution in [2.75, 3.05) is 37.6 Å². The number of nitrogens with zero attached hydrogens (tertiary/aromatic N) is 3. The van der Waals surface area contributed by atoms with Crippen molar-refractivity contribution in [3.8, 4) is 0 Å². The molecule has 23 heavy (non-hydrogen) atoms. The third kappa shape index (κ3) is 3.50. The first-order chi connectivity index (χ1) is 11.0. The number of carbonyl (C=O) groups is 1. The van der Waals surface area contributed by atoms with Crippen LogP contribution >= 0.6 is 0 Å². The van der Waals surface area contributed by atoms with E-state index in [2.05, 4.69) is 23.7 Å². The van der Waals surface area contributed by atoms with Gasteiger partial charge in [0.1, 0.15) is 5.82 Å². The molecule has 1 aromatic heterocycles. The number of anilines is 1. The molecule has 0 radical (unpaired) electrons. The Morgan fingerprint density at radius 3 is 2.65 bits per heavy atom. The Bertz CT molecular complexity index is 551. The van der Waals surface area contributed by atoms with Crippen LogP contribution in [0, 0.1) is 11.3 Å². The van der Waals surface area contributed by atoms with Gasteiger partial charge >= 0.3 is 0 Å². The second-order valence-corrected chi connectivity index (χ2v) is 7.57. The van der Waals surface area contributed by atoms with Gasteiger partial charge in [0, 0.05) is 32.4 Å². The summed E-state index contributed by atoms with van der Waals surface area (Å²) in [5.74, 6) is 1.87. The fraction of sp³-hybridized carbons (Fsp3) is 0.667. The van der Waals surface area contributed by atoms with E-state index in [9.17, 15) is 4.79 Å². The number of aromatic nitrogens is 1. The highest BCUT2D eigenvalue weighted by atomic mass is 16.2. The molecule has 1 amide bonds. The lowest BCUT2D eigenvalue weighted by atomic mass is 9.90. The molecule has 3 rings (SSSR count). The van der Waals surface area contributed by atoms with E-state index in [1.807, 2.05) is 17.0 Å². The number of hydrogen-bond acceptors (Lipinski definition) is 4. The summed E-state index contributed by atoms with van der Waals surface area (Å²) in [5, 5.41) is 0. The summed E-state index contributed by atoms with van der Waals surface area (Å²) in [6, 6.07) is 3.90. The SMILES string of the molecule is CC1CCN(c2ccc(C(=O)N3CCC(C)(CN)C3)cn2)CC1. The predicted octanol–water partition coefficient (Wildman–Crippen LogP) is 2.13. The van der Waals surface area contributed by atoms with Crippen LogP contribution in [0.15, 0.2) is 18.3 Å². The molecular weight excluding hydrogens is 288 g/mol. The number of carbonyl (C=O) groups excluding carboxylic acids is 1. The lowest BCUT2D eigenvalue weighted by Gasteiger charge is -2.31. The summed E-state index contributed by atoms with van der Waals surface area (Å²) in [4.78, 5) is 21.4. The predicted molar refractivity (Wildman–Crippen MR) is 92.5 cm³/mol. The number of hydrogen-bond donors (Lipinski definition) is 1. The molecule has 0 saturated carbocycles. The van der Waals surface area contributed by atoms with Gasteiger partial charge in [-0.3, -0.25) is 4.79 Å². The second-order valence-electron chi connectivity index (χ2n) is 7.57. The average Bonchev–Trinajstić information content (AvgIpc) is 2.98. The van der Waals surface area contributed by atoms with Gasteiger partial charge in [-0.15, -0.1) is 0 Å². The fourth-order valence-electron chi connectivity index (χ4n) is 3.48. The Morgan fingerprint density at radius 1 is 1.35 bits per heavy atom. The van der Waals surface area contributed by atoms with Crippen LogP contribution in [0.3, 0.4) is 0 Å². The summed E-state index contributed by atoms with van der Waals surface area (Å²) in [5.41, 5.74) is 6.57. The number of nitrogens with two attached hydrogens (primary N) is 1. The zero-order valence-electron chi connectivity index (χ0n) is 14.3. The normalized spacial score (nSPS) is 25.9. The van der Waals surface area contributed by atoms with E-state index < -0.39 is 0 Å². The molecule has 126 valence electrons. The summed E-state index contributed by atoms with van der Waals surface area (Å²) in [6.45, 7) is 8.73. The summed E-state index contributed by atoms with van der Waals surface area (Å²) < 4.78 is 0. The number of piperidine rings is 1. The van der Waals surface area contributed by atoms with E-state index in [1.54, 1.807) is 6.20 Å². The molecule has 1 unspecified atom stereocenters. The maximum atomic E-state index is 12.6. The summed E-state index contributed by atoms with van der Waals surface area (Å²) in [7, 11) is 0. The van der Waals surface area contributed by atoms with Crippen molar-refractivity contribution in [2.24, 2.45) is 17.1 Å². The van der Waals surface area contributed by atoms with Crippen molar-refractivity contribution >= 4 is 11.7 Å². The van der Waals surface area contributed by atoms with Gasteiger partial charge in [0.2, 0.25) is 0 Å². The highest BCUT2D eigenvalue weighted by Crippen LogP contribution is 2.29. The number of amides is 1. The molecule has 2 aliphatic rings.